The molecule has 1 aliphatic rings. The van der Waals surface area contributed by atoms with Gasteiger partial charge in [0.25, 0.3) is 23.6 Å². The lowest BCUT2D eigenvalue weighted by Crippen LogP contribution is -2.44. The third kappa shape index (κ3) is 27.6. The number of likely N-dealkylation sites (N-methyl/N-ethyl adjacent to an activating group) is 1. The number of rotatable bonds is 32. The highest BCUT2D eigenvalue weighted by Gasteiger charge is 2.31. The SMILES string of the molecule is CNc1ncc(C#Cc2ccc(N3CCN(C)CC3)cc2)c(-c2cc(C(N)=O)c(-c3cc(Cl)ccc3C)n2COCC[Si](C)(C)C)n1.CNc1ncc(I)c(-c2cc(C(N)=O)c(-c3cc(Cl)ccc3C)n2COCC[Si](C)(C)C)n1.CNc1nccc(-c2cc(C(N)=O)c(-c3cc(Cl)ccc3C)[nH]2)n1.CNc1nccc(-c2cc(C(N)=O)c(-c3cc(Cl)ccc3C)n2COCC[Si](C)(C)C)n1. The normalized spacial score (nSPS) is 12.2. The van der Waals surface area contributed by atoms with Crippen molar-refractivity contribution in [3.8, 4) is 102 Å². The van der Waals surface area contributed by atoms with Crippen molar-refractivity contribution in [2.45, 2.75) is 125 Å². The van der Waals surface area contributed by atoms with E-state index < -0.39 is 47.9 Å². The van der Waals surface area contributed by atoms with Gasteiger partial charge in [-0.2, -0.15) is 0 Å². The van der Waals surface area contributed by atoms with Crippen LogP contribution >= 0.6 is 69.0 Å². The summed E-state index contributed by atoms with van der Waals surface area (Å²) in [4.78, 5) is 93.4. The Kier molecular flexibility index (Phi) is 36.2. The van der Waals surface area contributed by atoms with Crippen molar-refractivity contribution in [2.75, 3.05) is 107 Å². The highest BCUT2D eigenvalue weighted by molar-refractivity contribution is 14.1. The first-order valence-electron chi connectivity index (χ1n) is 44.3. The summed E-state index contributed by atoms with van der Waals surface area (Å²) in [5.74, 6) is 6.37. The number of aromatic nitrogens is 12. The molecule has 1 fully saturated rings. The van der Waals surface area contributed by atoms with Crippen LogP contribution in [0.2, 0.25) is 97.1 Å². The Balaban J connectivity index is 0.000000179. The fraction of sp³-hybridized carbons (Fsp3) is 0.313. The van der Waals surface area contributed by atoms with Gasteiger partial charge in [0, 0.05) is 177 Å². The van der Waals surface area contributed by atoms with Crippen LogP contribution in [0.1, 0.15) is 74.8 Å². The number of nitrogens with zero attached hydrogens (tertiary/aromatic N) is 13. The molecule has 0 spiro atoms. The number of hydrogen-bond donors (Lipinski definition) is 9. The highest BCUT2D eigenvalue weighted by Crippen LogP contribution is 2.42. The Morgan fingerprint density at radius 2 is 0.801 bits per heavy atom. The Labute approximate surface area is 832 Å². The zero-order valence-corrected chi connectivity index (χ0v) is 88.3. The number of benzene rings is 5. The largest absolute Gasteiger partial charge is 0.369 e. The molecular formula is C99H119Cl4IN22O7Si3. The molecule has 1 saturated heterocycles. The van der Waals surface area contributed by atoms with Gasteiger partial charge in [0.2, 0.25) is 23.8 Å². The van der Waals surface area contributed by atoms with Gasteiger partial charge in [0.1, 0.15) is 31.6 Å². The number of amides is 4. The second-order valence-corrected chi connectivity index (χ2v) is 56.2. The van der Waals surface area contributed by atoms with Crippen LogP contribution in [0.5, 0.6) is 0 Å². The molecule has 13 N–H and O–H groups in total. The molecule has 0 unspecified atom stereocenters. The van der Waals surface area contributed by atoms with Crippen molar-refractivity contribution in [3.63, 3.8) is 0 Å². The number of carbonyl (C=O) groups excluding carboxylic acids is 4. The van der Waals surface area contributed by atoms with E-state index in [1.807, 2.05) is 114 Å². The summed E-state index contributed by atoms with van der Waals surface area (Å²) in [6.07, 6.45) is 6.76. The van der Waals surface area contributed by atoms with E-state index in [-0.39, 0.29) is 20.2 Å². The smallest absolute Gasteiger partial charge is 0.250 e. The molecule has 1 aliphatic heterocycles. The molecule has 0 aliphatic carbocycles. The number of nitrogens with one attached hydrogen (secondary N) is 5. The number of halogens is 5. The number of ether oxygens (including phenoxy) is 3. The van der Waals surface area contributed by atoms with Crippen LogP contribution in [-0.2, 0) is 34.4 Å². The van der Waals surface area contributed by atoms with Crippen LogP contribution in [0.3, 0.4) is 0 Å². The number of piperazine rings is 1. The number of primary amides is 4. The molecular weight excluding hydrogens is 1960 g/mol. The number of hydrogen-bond acceptors (Lipinski definition) is 21. The molecule has 5 aromatic carbocycles. The maximum Gasteiger partial charge on any atom is 0.250 e. The van der Waals surface area contributed by atoms with E-state index in [4.69, 9.17) is 88.5 Å². The van der Waals surface area contributed by atoms with Crippen molar-refractivity contribution in [2.24, 2.45) is 22.9 Å². The second kappa shape index (κ2) is 46.9. The molecule has 0 radical (unpaired) electrons. The molecule has 8 aromatic heterocycles. The van der Waals surface area contributed by atoms with Gasteiger partial charge < -0.3 is 86.9 Å². The Morgan fingerprint density at radius 3 is 1.22 bits per heavy atom. The van der Waals surface area contributed by atoms with E-state index in [9.17, 15) is 19.2 Å². The lowest BCUT2D eigenvalue weighted by Gasteiger charge is -2.34. The van der Waals surface area contributed by atoms with Crippen LogP contribution in [0, 0.1) is 43.1 Å². The van der Waals surface area contributed by atoms with Crippen LogP contribution in [0.15, 0.2) is 158 Å². The molecule has 714 valence electrons. The average molecular weight is 2080 g/mol. The molecule has 136 heavy (non-hydrogen) atoms. The van der Waals surface area contributed by atoms with Gasteiger partial charge in [-0.15, -0.1) is 0 Å². The van der Waals surface area contributed by atoms with Crippen molar-refractivity contribution in [1.29, 1.82) is 0 Å². The van der Waals surface area contributed by atoms with Crippen LogP contribution in [0.4, 0.5) is 29.5 Å². The predicted molar refractivity (Wildman–Crippen MR) is 568 cm³/mol. The third-order valence-electron chi connectivity index (χ3n) is 22.5. The van der Waals surface area contributed by atoms with E-state index >= 15 is 0 Å². The standard InChI is InChI=1S/C36H44ClN7O2Si.C23H29ClIN5O2Si.C23H30ClN5O2Si.C17H16ClN5O/c1-25-7-12-28(37)21-30(25)34-31(35(38)45)22-32(44(34)24-46-19-20-47(4,5)6)33-27(23-40-36(39-2)41-33)11-8-26-9-13-29(14-10-26)43-17-15-42(3)16-18-43;1-14-6-7-15(24)10-16(14)21-17(22(26)31)11-19(20-18(25)12-28-23(27-2)29-20)30(21)13-32-8-9-33(3,4)5;1-15-6-7-16(24)12-17(15)21-18(22(25)30)13-20(19-8-9-27-23(26-2)28-19)29(21)14-31-10-11-32(3,4)5;1-9-3-4-10(18)7-11(9)15-12(16(19)24)8-14(22-15)13-5-6-21-17(20-2)23-13/h7,9-10,12-14,21-23H,15-20,24H2,1-6H3,(H2,38,45)(H,39,40,41);6-7,10-12H,8-9,13H2,1-5H3,(H2,26,31)(H,27,28,29);6-9,12-13H,10-11,14H2,1-5H3,(H2,25,30)(H,26,27,28);3-8,22H,1-2H3,(H2,19,24)(H,20,21,23). The second-order valence-electron chi connectivity index (χ2n) is 36.4. The van der Waals surface area contributed by atoms with Crippen LogP contribution in [0.25, 0.3) is 90.6 Å². The van der Waals surface area contributed by atoms with Gasteiger partial charge in [-0.1, -0.05) is 141 Å². The fourth-order valence-electron chi connectivity index (χ4n) is 14.8. The van der Waals surface area contributed by atoms with Crippen molar-refractivity contribution in [1.82, 2.24) is 63.5 Å². The first kappa shape index (κ1) is 105. The lowest BCUT2D eigenvalue weighted by atomic mass is 10.0. The zero-order valence-electron chi connectivity index (χ0n) is 80.1. The van der Waals surface area contributed by atoms with Gasteiger partial charge in [-0.25, -0.2) is 39.9 Å². The zero-order chi connectivity index (χ0) is 98.8. The van der Waals surface area contributed by atoms with Crippen LogP contribution in [-0.4, -0.2) is 193 Å². The van der Waals surface area contributed by atoms with Crippen molar-refractivity contribution < 1.29 is 33.4 Å². The van der Waals surface area contributed by atoms with Gasteiger partial charge >= 0.3 is 0 Å². The molecule has 13 aromatic rings. The van der Waals surface area contributed by atoms with E-state index in [0.29, 0.717) is 148 Å². The molecule has 0 bridgehead atoms. The summed E-state index contributed by atoms with van der Waals surface area (Å²) >= 11 is 27.4. The van der Waals surface area contributed by atoms with E-state index in [0.717, 1.165) is 109 Å². The van der Waals surface area contributed by atoms with Gasteiger partial charge in [-0.05, 0) is 207 Å². The number of aryl methyl sites for hydroxylation is 4. The number of anilines is 5. The Morgan fingerprint density at radius 1 is 0.434 bits per heavy atom. The summed E-state index contributed by atoms with van der Waals surface area (Å²) in [6, 6.07) is 44.3. The molecule has 4 amide bonds. The fourth-order valence-corrected chi connectivity index (χ4v) is 18.3. The number of nitrogens with two attached hydrogens (primary N) is 4. The van der Waals surface area contributed by atoms with E-state index in [1.165, 1.54) is 5.69 Å². The minimum Gasteiger partial charge on any atom is -0.369 e. The quantitative estimate of drug-likeness (QED) is 0.00818. The summed E-state index contributed by atoms with van der Waals surface area (Å²) < 4.78 is 25.2. The maximum atomic E-state index is 13.0. The highest BCUT2D eigenvalue weighted by atomic mass is 127. The maximum absolute atomic E-state index is 13.0. The molecule has 29 nitrogen and oxygen atoms in total. The third-order valence-corrected chi connectivity index (χ3v) is 29.3. The lowest BCUT2D eigenvalue weighted by molar-refractivity contribution is 0.0890. The van der Waals surface area contributed by atoms with Gasteiger partial charge in [-0.3, -0.25) is 19.2 Å². The van der Waals surface area contributed by atoms with Gasteiger partial charge in [0.05, 0.1) is 88.3 Å². The van der Waals surface area contributed by atoms with Crippen molar-refractivity contribution in [3.05, 3.63) is 238 Å². The first-order chi connectivity index (χ1) is 64.5. The molecule has 0 atom stereocenters. The van der Waals surface area contributed by atoms with Gasteiger partial charge in [0.15, 0.2) is 0 Å². The summed E-state index contributed by atoms with van der Waals surface area (Å²) in [5, 5.41) is 14.1. The Hall–Kier alpha value is -11.6. The average Bonchev–Trinajstić information content (AvgIpc) is 1.61. The molecule has 14 rings (SSSR count). The predicted octanol–water partition coefficient (Wildman–Crippen LogP) is 20.1. The minimum atomic E-state index is -1.34. The molecule has 0 saturated carbocycles. The topological polar surface area (TPSA) is 388 Å². The van der Waals surface area contributed by atoms with E-state index in [1.54, 1.807) is 102 Å². The first-order valence-corrected chi connectivity index (χ1v) is 58.0. The summed E-state index contributed by atoms with van der Waals surface area (Å²) in [6.45, 7) is 35.4. The minimum absolute atomic E-state index is 0.188. The molecule has 9 heterocycles. The van der Waals surface area contributed by atoms with Crippen LogP contribution < -0.4 is 49.1 Å². The number of aromatic amines is 1. The van der Waals surface area contributed by atoms with Crippen molar-refractivity contribution >= 4 is 146 Å². The Bertz CT molecular complexity index is 6550. The molecule has 37 heteroatoms. The van der Waals surface area contributed by atoms with E-state index in [2.05, 4.69) is 183 Å². The number of carbonyl (C=O) groups is 4. The monoisotopic (exact) mass is 2080 g/mol. The summed E-state index contributed by atoms with van der Waals surface area (Å²) in [5.41, 5.74) is 42.5. The summed E-state index contributed by atoms with van der Waals surface area (Å²) in [7, 11) is 5.34. The number of H-pyrrole nitrogens is 1.